The van der Waals surface area contributed by atoms with Gasteiger partial charge < -0.3 is 29.5 Å². The van der Waals surface area contributed by atoms with Gasteiger partial charge in [-0.2, -0.15) is 0 Å². The lowest BCUT2D eigenvalue weighted by molar-refractivity contribution is -0.182. The van der Waals surface area contributed by atoms with Crippen molar-refractivity contribution >= 4 is 12.0 Å². The molecule has 3 N–H and O–H groups in total. The van der Waals surface area contributed by atoms with E-state index in [1.54, 1.807) is 13.0 Å². The largest absolute Gasteiger partial charge is 0.507 e. The number of hydrogen-bond donors (Lipinski definition) is 3. The average Bonchev–Trinajstić information content (AvgIpc) is 3.49. The predicted octanol–water partition coefficient (Wildman–Crippen LogP) is 4.21. The molecule has 9 nitrogen and oxygen atoms in total. The minimum Gasteiger partial charge on any atom is -0.507 e. The Bertz CT molecular complexity index is 1650. The molecule has 4 aliphatic rings. The molecule has 2 bridgehead atoms. The summed E-state index contributed by atoms with van der Waals surface area (Å²) < 4.78 is 17.6. The highest BCUT2D eigenvalue weighted by atomic mass is 16.7. The van der Waals surface area contributed by atoms with Gasteiger partial charge in [-0.15, -0.1) is 0 Å². The number of aromatic hydroxyl groups is 2. The van der Waals surface area contributed by atoms with Crippen molar-refractivity contribution < 1.29 is 34.3 Å². The number of nitrogens with zero attached hydrogens (tertiary/aromatic N) is 2. The summed E-state index contributed by atoms with van der Waals surface area (Å²) in [6, 6.07) is 10.1. The van der Waals surface area contributed by atoms with Crippen LogP contribution in [-0.2, 0) is 22.4 Å². The Morgan fingerprint density at radius 3 is 2.51 bits per heavy atom. The van der Waals surface area contributed by atoms with Gasteiger partial charge in [0.25, 0.3) is 0 Å². The molecule has 0 aromatic heterocycles. The van der Waals surface area contributed by atoms with Crippen molar-refractivity contribution in [2.45, 2.75) is 64.0 Å². The second-order valence-electron chi connectivity index (χ2n) is 12.1. The van der Waals surface area contributed by atoms with E-state index in [4.69, 9.17) is 14.2 Å². The summed E-state index contributed by atoms with van der Waals surface area (Å²) in [4.78, 5) is 17.1. The SMILES string of the molecule is Cc1cc2c(c(O)c1C)[C@@H]1C3Cc4c(O)c(C)c5c(c4[C@H](COC(=O)/C=C/c4ccccc4)N3[C@@H](O)[C@H](C2)N1C)OCO5. The van der Waals surface area contributed by atoms with Gasteiger partial charge in [0.05, 0.1) is 18.1 Å². The number of likely N-dealkylation sites (N-methyl/N-ethyl adjacent to an activating group) is 1. The summed E-state index contributed by atoms with van der Waals surface area (Å²) in [5, 5.41) is 35.0. The van der Waals surface area contributed by atoms with E-state index in [1.165, 1.54) is 6.08 Å². The summed E-state index contributed by atoms with van der Waals surface area (Å²) in [6.07, 6.45) is 3.12. The van der Waals surface area contributed by atoms with Gasteiger partial charge >= 0.3 is 5.97 Å². The van der Waals surface area contributed by atoms with Crippen molar-refractivity contribution in [1.29, 1.82) is 0 Å². The highest BCUT2D eigenvalue weighted by molar-refractivity contribution is 5.87. The van der Waals surface area contributed by atoms with E-state index in [9.17, 15) is 20.1 Å². The van der Waals surface area contributed by atoms with Crippen LogP contribution in [0.25, 0.3) is 6.08 Å². The maximum atomic E-state index is 13.0. The van der Waals surface area contributed by atoms with Gasteiger partial charge in [-0.1, -0.05) is 36.4 Å². The van der Waals surface area contributed by atoms with Crippen LogP contribution in [0.2, 0.25) is 0 Å². The second kappa shape index (κ2) is 10.3. The number of aliphatic hydroxyl groups is 1. The van der Waals surface area contributed by atoms with Crippen molar-refractivity contribution in [1.82, 2.24) is 9.80 Å². The average molecular weight is 585 g/mol. The van der Waals surface area contributed by atoms with Crippen molar-refractivity contribution in [3.8, 4) is 23.0 Å². The van der Waals surface area contributed by atoms with Gasteiger partial charge in [0.2, 0.25) is 6.79 Å². The number of phenols is 2. The van der Waals surface area contributed by atoms with Crippen LogP contribution in [0.15, 0.2) is 42.5 Å². The molecule has 0 saturated carbocycles. The summed E-state index contributed by atoms with van der Waals surface area (Å²) in [6.45, 7) is 5.64. The minimum absolute atomic E-state index is 0.0121. The molecule has 3 aromatic carbocycles. The fourth-order valence-electron chi connectivity index (χ4n) is 7.62. The molecule has 5 atom stereocenters. The zero-order valence-electron chi connectivity index (χ0n) is 24.7. The first-order chi connectivity index (χ1) is 20.7. The zero-order valence-corrected chi connectivity index (χ0v) is 24.7. The molecular weight excluding hydrogens is 548 g/mol. The van der Waals surface area contributed by atoms with Crippen LogP contribution in [-0.4, -0.2) is 69.8 Å². The van der Waals surface area contributed by atoms with Crippen molar-refractivity contribution in [2.75, 3.05) is 20.4 Å². The Balaban J connectivity index is 1.33. The summed E-state index contributed by atoms with van der Waals surface area (Å²) in [5.41, 5.74) is 6.52. The molecule has 0 radical (unpaired) electrons. The summed E-state index contributed by atoms with van der Waals surface area (Å²) in [5.74, 6) is 0.838. The molecule has 7 rings (SSSR count). The molecule has 1 unspecified atom stereocenters. The van der Waals surface area contributed by atoms with Crippen molar-refractivity contribution in [2.24, 2.45) is 0 Å². The molecule has 1 fully saturated rings. The van der Waals surface area contributed by atoms with Gasteiger partial charge in [0.15, 0.2) is 11.5 Å². The molecule has 0 aliphatic carbocycles. The number of carbonyl (C=O) groups excluding carboxylic acids is 1. The first-order valence-electron chi connectivity index (χ1n) is 14.7. The molecule has 4 heterocycles. The van der Waals surface area contributed by atoms with E-state index in [-0.39, 0.29) is 43.0 Å². The number of aliphatic hydroxyl groups excluding tert-OH is 1. The number of aryl methyl sites for hydroxylation is 1. The molecule has 1 saturated heterocycles. The van der Waals surface area contributed by atoms with Crippen molar-refractivity contribution in [3.05, 3.63) is 87.0 Å². The van der Waals surface area contributed by atoms with Crippen LogP contribution in [0, 0.1) is 20.8 Å². The Morgan fingerprint density at radius 1 is 1.00 bits per heavy atom. The lowest BCUT2D eigenvalue weighted by Gasteiger charge is -2.60. The highest BCUT2D eigenvalue weighted by Gasteiger charge is 2.56. The molecule has 9 heteroatoms. The van der Waals surface area contributed by atoms with Crippen LogP contribution in [0.3, 0.4) is 0 Å². The Hall–Kier alpha value is -4.05. The molecule has 43 heavy (non-hydrogen) atoms. The molecule has 0 spiro atoms. The number of piperazine rings is 1. The summed E-state index contributed by atoms with van der Waals surface area (Å²) in [7, 11) is 1.98. The maximum absolute atomic E-state index is 13.0. The molecular formula is C34H36N2O7. The first-order valence-corrected chi connectivity index (χ1v) is 14.7. The van der Waals surface area contributed by atoms with Gasteiger partial charge in [0, 0.05) is 34.4 Å². The highest BCUT2D eigenvalue weighted by Crippen LogP contribution is 2.57. The van der Waals surface area contributed by atoms with E-state index in [1.807, 2.05) is 56.1 Å². The fraction of sp³-hybridized carbons (Fsp3) is 0.382. The molecule has 224 valence electrons. The van der Waals surface area contributed by atoms with E-state index in [0.717, 1.165) is 27.8 Å². The maximum Gasteiger partial charge on any atom is 0.330 e. The third kappa shape index (κ3) is 4.21. The van der Waals surface area contributed by atoms with Crippen LogP contribution >= 0.6 is 0 Å². The van der Waals surface area contributed by atoms with Gasteiger partial charge in [-0.25, -0.2) is 4.79 Å². The number of phenolic OH excluding ortho intramolecular Hbond substituents is 2. The Morgan fingerprint density at radius 2 is 1.74 bits per heavy atom. The van der Waals surface area contributed by atoms with E-state index >= 15 is 0 Å². The predicted molar refractivity (Wildman–Crippen MR) is 159 cm³/mol. The lowest BCUT2D eigenvalue weighted by Crippen LogP contribution is -2.68. The molecule has 4 aliphatic heterocycles. The normalized spacial score (nSPS) is 25.7. The first kappa shape index (κ1) is 27.8. The second-order valence-corrected chi connectivity index (χ2v) is 12.1. The number of hydrogen-bond acceptors (Lipinski definition) is 9. The Labute approximate surface area is 250 Å². The summed E-state index contributed by atoms with van der Waals surface area (Å²) >= 11 is 0. The van der Waals surface area contributed by atoms with E-state index < -0.39 is 18.2 Å². The molecule has 3 aromatic rings. The standard InChI is InChI=1S/C34H36N2O7/c1-17-12-21-13-24-34(40)36-23(29(35(24)4)27(21)31(39)18(17)2)14-22-28(33-32(42-16-43-33)19(3)30(22)38)25(36)15-41-26(37)11-10-20-8-6-5-7-9-20/h5-12,23-25,29,34,38-40H,13-16H2,1-4H3/b11-10+/t23?,24-,25-,29-,34-/m0/s1. The van der Waals surface area contributed by atoms with Crippen LogP contribution in [0.4, 0.5) is 0 Å². The smallest absolute Gasteiger partial charge is 0.330 e. The van der Waals surface area contributed by atoms with Gasteiger partial charge in [0.1, 0.15) is 24.3 Å². The quantitative estimate of drug-likeness (QED) is 0.307. The number of carbonyl (C=O) groups is 1. The van der Waals surface area contributed by atoms with Gasteiger partial charge in [-0.3, -0.25) is 9.80 Å². The van der Waals surface area contributed by atoms with Gasteiger partial charge in [-0.05, 0) is 69.0 Å². The van der Waals surface area contributed by atoms with Crippen LogP contribution in [0.1, 0.15) is 56.6 Å². The van der Waals surface area contributed by atoms with Crippen LogP contribution in [0.5, 0.6) is 23.0 Å². The van der Waals surface area contributed by atoms with Crippen LogP contribution < -0.4 is 9.47 Å². The zero-order chi connectivity index (χ0) is 30.2. The third-order valence-corrected chi connectivity index (χ3v) is 9.89. The Kier molecular flexibility index (Phi) is 6.65. The lowest BCUT2D eigenvalue weighted by atomic mass is 9.73. The van der Waals surface area contributed by atoms with E-state index in [0.29, 0.717) is 41.0 Å². The fourth-order valence-corrected chi connectivity index (χ4v) is 7.62. The number of benzene rings is 3. The third-order valence-electron chi connectivity index (χ3n) is 9.89. The molecule has 0 amide bonds. The minimum atomic E-state index is -0.915. The monoisotopic (exact) mass is 584 g/mol. The topological polar surface area (TPSA) is 112 Å². The number of rotatable bonds is 4. The number of esters is 1. The van der Waals surface area contributed by atoms with Crippen molar-refractivity contribution in [3.63, 3.8) is 0 Å². The van der Waals surface area contributed by atoms with E-state index in [2.05, 4.69) is 11.0 Å². The number of fused-ring (bicyclic) bond motifs is 9. The number of ether oxygens (including phenoxy) is 3.